The van der Waals surface area contributed by atoms with Gasteiger partial charge in [0.2, 0.25) is 0 Å². The van der Waals surface area contributed by atoms with Crippen molar-refractivity contribution in [2.45, 2.75) is 45.7 Å². The lowest BCUT2D eigenvalue weighted by molar-refractivity contribution is 0.0949. The molecule has 26 heavy (non-hydrogen) atoms. The Hall–Kier alpha value is -2.22. The van der Waals surface area contributed by atoms with Crippen LogP contribution in [0.2, 0.25) is 0 Å². The van der Waals surface area contributed by atoms with E-state index in [1.807, 2.05) is 32.9 Å². The Morgan fingerprint density at radius 1 is 1.38 bits per heavy atom. The SMILES string of the molecule is Cc1ccc(CNC(=O)c2cn(C3CCS(=O)(=O)C3)nc2C(C)C)cn1. The number of sulfone groups is 1. The average Bonchev–Trinajstić information content (AvgIpc) is 3.17. The van der Waals surface area contributed by atoms with Crippen molar-refractivity contribution < 1.29 is 13.2 Å². The summed E-state index contributed by atoms with van der Waals surface area (Å²) in [6, 6.07) is 3.64. The molecule has 1 unspecified atom stereocenters. The second-order valence-electron chi connectivity index (χ2n) is 7.11. The minimum atomic E-state index is -3.01. The number of aromatic nitrogens is 3. The summed E-state index contributed by atoms with van der Waals surface area (Å²) in [6.45, 7) is 6.24. The summed E-state index contributed by atoms with van der Waals surface area (Å²) in [7, 11) is -3.01. The molecule has 1 saturated heterocycles. The van der Waals surface area contributed by atoms with Crippen LogP contribution in [0.3, 0.4) is 0 Å². The third kappa shape index (κ3) is 4.12. The molecule has 2 aromatic rings. The fourth-order valence-electron chi connectivity index (χ4n) is 3.06. The average molecular weight is 376 g/mol. The number of amides is 1. The van der Waals surface area contributed by atoms with E-state index in [-0.39, 0.29) is 29.4 Å². The molecule has 1 fully saturated rings. The molecule has 0 spiro atoms. The lowest BCUT2D eigenvalue weighted by atomic mass is 10.1. The van der Waals surface area contributed by atoms with Crippen molar-refractivity contribution in [3.8, 4) is 0 Å². The van der Waals surface area contributed by atoms with E-state index in [0.29, 0.717) is 24.2 Å². The normalized spacial score (nSPS) is 19.0. The molecular weight excluding hydrogens is 352 g/mol. The van der Waals surface area contributed by atoms with Crippen molar-refractivity contribution in [2.24, 2.45) is 0 Å². The summed E-state index contributed by atoms with van der Waals surface area (Å²) in [5.41, 5.74) is 3.04. The van der Waals surface area contributed by atoms with Crippen molar-refractivity contribution in [2.75, 3.05) is 11.5 Å². The van der Waals surface area contributed by atoms with E-state index < -0.39 is 9.84 Å². The van der Waals surface area contributed by atoms with Crippen LogP contribution in [0.15, 0.2) is 24.5 Å². The molecule has 2 aromatic heterocycles. The number of carbonyl (C=O) groups excluding carboxylic acids is 1. The Bertz CT molecular complexity index is 901. The third-order valence-electron chi connectivity index (χ3n) is 4.56. The van der Waals surface area contributed by atoms with Crippen LogP contribution in [0, 0.1) is 6.92 Å². The molecule has 1 aliphatic heterocycles. The Morgan fingerprint density at radius 2 is 2.15 bits per heavy atom. The number of aryl methyl sites for hydroxylation is 1. The van der Waals surface area contributed by atoms with Crippen molar-refractivity contribution >= 4 is 15.7 Å². The molecule has 140 valence electrons. The third-order valence-corrected chi connectivity index (χ3v) is 6.31. The Balaban J connectivity index is 1.77. The van der Waals surface area contributed by atoms with Gasteiger partial charge in [-0.2, -0.15) is 5.10 Å². The van der Waals surface area contributed by atoms with Crippen LogP contribution in [0.1, 0.15) is 59.5 Å². The summed E-state index contributed by atoms with van der Waals surface area (Å²) >= 11 is 0. The van der Waals surface area contributed by atoms with E-state index in [4.69, 9.17) is 0 Å². The zero-order valence-electron chi connectivity index (χ0n) is 15.3. The quantitative estimate of drug-likeness (QED) is 0.861. The number of pyridine rings is 1. The van der Waals surface area contributed by atoms with E-state index in [9.17, 15) is 13.2 Å². The van der Waals surface area contributed by atoms with Gasteiger partial charge in [-0.3, -0.25) is 14.5 Å². The summed E-state index contributed by atoms with van der Waals surface area (Å²) in [5, 5.41) is 7.42. The van der Waals surface area contributed by atoms with Crippen LogP contribution < -0.4 is 5.32 Å². The maximum Gasteiger partial charge on any atom is 0.255 e. The minimum absolute atomic E-state index is 0.0658. The molecule has 0 saturated carbocycles. The summed E-state index contributed by atoms with van der Waals surface area (Å²) in [4.78, 5) is 16.9. The molecule has 0 aromatic carbocycles. The highest BCUT2D eigenvalue weighted by molar-refractivity contribution is 7.91. The van der Waals surface area contributed by atoms with Gasteiger partial charge in [0.15, 0.2) is 9.84 Å². The molecule has 1 N–H and O–H groups in total. The van der Waals surface area contributed by atoms with Gasteiger partial charge < -0.3 is 5.32 Å². The molecule has 0 radical (unpaired) electrons. The van der Waals surface area contributed by atoms with Crippen molar-refractivity contribution in [1.82, 2.24) is 20.1 Å². The van der Waals surface area contributed by atoms with Gasteiger partial charge in [0.05, 0.1) is 28.8 Å². The van der Waals surface area contributed by atoms with Gasteiger partial charge in [0.1, 0.15) is 0 Å². The Kier molecular flexibility index (Phi) is 5.13. The van der Waals surface area contributed by atoms with Crippen LogP contribution in [0.25, 0.3) is 0 Å². The molecule has 0 aliphatic carbocycles. The maximum atomic E-state index is 12.7. The van der Waals surface area contributed by atoms with Crippen molar-refractivity contribution in [3.63, 3.8) is 0 Å². The van der Waals surface area contributed by atoms with Crippen LogP contribution in [0.5, 0.6) is 0 Å². The highest BCUT2D eigenvalue weighted by Gasteiger charge is 2.31. The molecule has 8 heteroatoms. The van der Waals surface area contributed by atoms with Crippen LogP contribution in [-0.4, -0.2) is 40.6 Å². The standard InChI is InChI=1S/C18H24N4O3S/c1-12(2)17-16(10-22(21-17)15-6-7-26(24,25)11-15)18(23)20-9-14-5-4-13(3)19-8-14/h4-5,8,10,12,15H,6-7,9,11H2,1-3H3,(H,20,23). The first kappa shape index (κ1) is 18.6. The number of rotatable bonds is 5. The zero-order chi connectivity index (χ0) is 18.9. The first-order chi connectivity index (χ1) is 12.2. The van der Waals surface area contributed by atoms with Gasteiger partial charge in [-0.05, 0) is 30.9 Å². The van der Waals surface area contributed by atoms with Gasteiger partial charge in [-0.1, -0.05) is 19.9 Å². The van der Waals surface area contributed by atoms with E-state index in [1.54, 1.807) is 17.1 Å². The fraction of sp³-hybridized carbons (Fsp3) is 0.500. The maximum absolute atomic E-state index is 12.7. The molecule has 3 rings (SSSR count). The summed E-state index contributed by atoms with van der Waals surface area (Å²) < 4.78 is 25.1. The molecule has 1 amide bonds. The number of nitrogens with zero attached hydrogens (tertiary/aromatic N) is 3. The number of hydrogen-bond acceptors (Lipinski definition) is 5. The first-order valence-corrected chi connectivity index (χ1v) is 10.6. The minimum Gasteiger partial charge on any atom is -0.348 e. The number of carbonyl (C=O) groups is 1. The monoisotopic (exact) mass is 376 g/mol. The number of nitrogens with one attached hydrogen (secondary N) is 1. The highest BCUT2D eigenvalue weighted by Crippen LogP contribution is 2.26. The molecule has 7 nitrogen and oxygen atoms in total. The topological polar surface area (TPSA) is 94.0 Å². The van der Waals surface area contributed by atoms with E-state index in [1.165, 1.54) is 0 Å². The Labute approximate surface area is 153 Å². The van der Waals surface area contributed by atoms with Gasteiger partial charge >= 0.3 is 0 Å². The highest BCUT2D eigenvalue weighted by atomic mass is 32.2. The largest absolute Gasteiger partial charge is 0.348 e. The van der Waals surface area contributed by atoms with Crippen LogP contribution >= 0.6 is 0 Å². The molecular formula is C18H24N4O3S. The first-order valence-electron chi connectivity index (χ1n) is 8.74. The van der Waals surface area contributed by atoms with Gasteiger partial charge in [-0.25, -0.2) is 8.42 Å². The number of hydrogen-bond donors (Lipinski definition) is 1. The van der Waals surface area contributed by atoms with Gasteiger partial charge in [0.25, 0.3) is 5.91 Å². The van der Waals surface area contributed by atoms with E-state index >= 15 is 0 Å². The predicted molar refractivity (Wildman–Crippen MR) is 98.8 cm³/mol. The lowest BCUT2D eigenvalue weighted by Gasteiger charge is -2.07. The van der Waals surface area contributed by atoms with Crippen molar-refractivity contribution in [1.29, 1.82) is 0 Å². The molecule has 1 aliphatic rings. The Morgan fingerprint density at radius 3 is 2.73 bits per heavy atom. The predicted octanol–water partition coefficient (Wildman–Crippen LogP) is 2.00. The molecule has 0 bridgehead atoms. The van der Waals surface area contributed by atoms with Crippen LogP contribution in [0.4, 0.5) is 0 Å². The zero-order valence-corrected chi connectivity index (χ0v) is 16.1. The van der Waals surface area contributed by atoms with Gasteiger partial charge in [-0.15, -0.1) is 0 Å². The summed E-state index contributed by atoms with van der Waals surface area (Å²) in [5.74, 6) is 0.121. The summed E-state index contributed by atoms with van der Waals surface area (Å²) in [6.07, 6.45) is 3.97. The smallest absolute Gasteiger partial charge is 0.255 e. The molecule has 3 heterocycles. The van der Waals surface area contributed by atoms with E-state index in [2.05, 4.69) is 15.4 Å². The second kappa shape index (κ2) is 7.19. The van der Waals surface area contributed by atoms with Gasteiger partial charge in [0, 0.05) is 24.6 Å². The lowest BCUT2D eigenvalue weighted by Crippen LogP contribution is -2.23. The van der Waals surface area contributed by atoms with Crippen molar-refractivity contribution in [3.05, 3.63) is 47.0 Å². The van der Waals surface area contributed by atoms with E-state index in [0.717, 1.165) is 11.3 Å². The second-order valence-corrected chi connectivity index (χ2v) is 9.34. The molecule has 1 atom stereocenters. The van der Waals surface area contributed by atoms with Crippen LogP contribution in [-0.2, 0) is 16.4 Å². The fourth-order valence-corrected chi connectivity index (χ4v) is 4.76.